The highest BCUT2D eigenvalue weighted by Crippen LogP contribution is 2.32. The van der Waals surface area contributed by atoms with Crippen LogP contribution in [0.25, 0.3) is 11.3 Å². The van der Waals surface area contributed by atoms with Crippen molar-refractivity contribution in [1.29, 1.82) is 0 Å². The van der Waals surface area contributed by atoms with E-state index in [-0.39, 0.29) is 24.8 Å². The van der Waals surface area contributed by atoms with E-state index in [0.29, 0.717) is 18.7 Å². The molecular weight excluding hydrogens is 324 g/mol. The minimum absolute atomic E-state index is 0.0666. The second-order valence-electron chi connectivity index (χ2n) is 6.44. The number of likely N-dealkylation sites (tertiary alicyclic amines) is 1. The summed E-state index contributed by atoms with van der Waals surface area (Å²) in [6.07, 6.45) is 0.348. The molecule has 1 aliphatic heterocycles. The SMILES string of the molecule is COCC1(C(=O)O)CCN(C(=O)c2cc(-c3ccc(C)cc3)no2)C1. The maximum Gasteiger partial charge on any atom is 0.313 e. The number of carbonyl (C=O) groups is 2. The van der Waals surface area contributed by atoms with Gasteiger partial charge in [0.05, 0.1) is 6.61 Å². The first-order valence-electron chi connectivity index (χ1n) is 8.00. The Balaban J connectivity index is 1.76. The van der Waals surface area contributed by atoms with Crippen molar-refractivity contribution >= 4 is 11.9 Å². The van der Waals surface area contributed by atoms with Gasteiger partial charge < -0.3 is 19.3 Å². The summed E-state index contributed by atoms with van der Waals surface area (Å²) in [5.41, 5.74) is 1.49. The zero-order valence-electron chi connectivity index (χ0n) is 14.2. The highest BCUT2D eigenvalue weighted by Gasteiger charge is 2.47. The molecule has 3 rings (SSSR count). The van der Waals surface area contributed by atoms with Crippen LogP contribution < -0.4 is 0 Å². The van der Waals surface area contributed by atoms with Gasteiger partial charge in [-0.1, -0.05) is 35.0 Å². The van der Waals surface area contributed by atoms with Crippen LogP contribution in [0.15, 0.2) is 34.9 Å². The fraction of sp³-hybridized carbons (Fsp3) is 0.389. The van der Waals surface area contributed by atoms with E-state index >= 15 is 0 Å². The molecule has 1 saturated heterocycles. The second kappa shape index (κ2) is 6.68. The van der Waals surface area contributed by atoms with Crippen LogP contribution in [0.1, 0.15) is 22.5 Å². The molecule has 2 aromatic rings. The third kappa shape index (κ3) is 3.28. The highest BCUT2D eigenvalue weighted by atomic mass is 16.5. The summed E-state index contributed by atoms with van der Waals surface area (Å²) < 4.78 is 10.2. The van der Waals surface area contributed by atoms with E-state index in [4.69, 9.17) is 9.26 Å². The van der Waals surface area contributed by atoms with E-state index in [1.54, 1.807) is 6.07 Å². The second-order valence-corrected chi connectivity index (χ2v) is 6.44. The molecule has 0 saturated carbocycles. The number of benzene rings is 1. The van der Waals surface area contributed by atoms with Crippen LogP contribution in [0.5, 0.6) is 0 Å². The average molecular weight is 344 g/mol. The predicted molar refractivity (Wildman–Crippen MR) is 89.1 cm³/mol. The molecule has 1 N–H and O–H groups in total. The molecule has 1 aliphatic rings. The summed E-state index contributed by atoms with van der Waals surface area (Å²) in [5, 5.41) is 13.4. The van der Waals surface area contributed by atoms with Crippen LogP contribution in [0.2, 0.25) is 0 Å². The van der Waals surface area contributed by atoms with E-state index in [1.165, 1.54) is 12.0 Å². The molecule has 2 heterocycles. The first-order chi connectivity index (χ1) is 11.9. The summed E-state index contributed by atoms with van der Waals surface area (Å²) in [5.74, 6) is -1.21. The summed E-state index contributed by atoms with van der Waals surface area (Å²) in [4.78, 5) is 25.7. The molecule has 25 heavy (non-hydrogen) atoms. The van der Waals surface area contributed by atoms with Gasteiger partial charge in [0, 0.05) is 31.8 Å². The molecule has 0 radical (unpaired) electrons. The lowest BCUT2D eigenvalue weighted by molar-refractivity contribution is -0.151. The fourth-order valence-electron chi connectivity index (χ4n) is 3.07. The van der Waals surface area contributed by atoms with Gasteiger partial charge in [0.15, 0.2) is 0 Å². The van der Waals surface area contributed by atoms with Gasteiger partial charge in [-0.15, -0.1) is 0 Å². The summed E-state index contributed by atoms with van der Waals surface area (Å²) >= 11 is 0. The van der Waals surface area contributed by atoms with E-state index in [0.717, 1.165) is 11.1 Å². The number of hydrogen-bond acceptors (Lipinski definition) is 5. The topological polar surface area (TPSA) is 92.9 Å². The fourth-order valence-corrected chi connectivity index (χ4v) is 3.07. The number of nitrogens with zero attached hydrogens (tertiary/aromatic N) is 2. The van der Waals surface area contributed by atoms with Crippen molar-refractivity contribution in [2.75, 3.05) is 26.8 Å². The number of carboxylic acids is 1. The number of carbonyl (C=O) groups excluding carboxylic acids is 1. The van der Waals surface area contributed by atoms with Crippen molar-refractivity contribution in [2.24, 2.45) is 5.41 Å². The molecule has 1 fully saturated rings. The number of amides is 1. The Hall–Kier alpha value is -2.67. The zero-order valence-corrected chi connectivity index (χ0v) is 14.2. The molecule has 7 nitrogen and oxygen atoms in total. The van der Waals surface area contributed by atoms with Crippen molar-refractivity contribution < 1.29 is 24.0 Å². The Kier molecular flexibility index (Phi) is 4.59. The Bertz CT molecular complexity index is 783. The highest BCUT2D eigenvalue weighted by molar-refractivity contribution is 5.93. The quantitative estimate of drug-likeness (QED) is 0.894. The lowest BCUT2D eigenvalue weighted by Gasteiger charge is -2.23. The first kappa shape index (κ1) is 17.2. The molecule has 0 aliphatic carbocycles. The van der Waals surface area contributed by atoms with E-state index in [2.05, 4.69) is 5.16 Å². The summed E-state index contributed by atoms with van der Waals surface area (Å²) in [6.45, 7) is 2.49. The lowest BCUT2D eigenvalue weighted by Crippen LogP contribution is -2.40. The summed E-state index contributed by atoms with van der Waals surface area (Å²) in [6, 6.07) is 9.32. The molecule has 0 spiro atoms. The Morgan fingerprint density at radius 3 is 2.72 bits per heavy atom. The van der Waals surface area contributed by atoms with Crippen LogP contribution in [-0.2, 0) is 9.53 Å². The van der Waals surface area contributed by atoms with E-state index in [1.807, 2.05) is 31.2 Å². The third-order valence-corrected chi connectivity index (χ3v) is 4.58. The van der Waals surface area contributed by atoms with Gasteiger partial charge in [0.25, 0.3) is 5.91 Å². The number of carboxylic acid groups (broad SMARTS) is 1. The largest absolute Gasteiger partial charge is 0.481 e. The number of aromatic nitrogens is 1. The van der Waals surface area contributed by atoms with Gasteiger partial charge in [-0.2, -0.15) is 0 Å². The van der Waals surface area contributed by atoms with Gasteiger partial charge in [0.2, 0.25) is 5.76 Å². The normalized spacial score (nSPS) is 20.0. The third-order valence-electron chi connectivity index (χ3n) is 4.58. The van der Waals surface area contributed by atoms with Gasteiger partial charge in [-0.05, 0) is 13.3 Å². The Morgan fingerprint density at radius 1 is 1.36 bits per heavy atom. The standard InChI is InChI=1S/C18H20N2O5/c1-12-3-5-13(6-4-12)14-9-15(25-19-14)16(21)20-8-7-18(10-20,11-24-2)17(22)23/h3-6,9H,7-8,10-11H2,1-2H3,(H,22,23). The summed E-state index contributed by atoms with van der Waals surface area (Å²) in [7, 11) is 1.46. The number of rotatable bonds is 5. The molecule has 1 aromatic heterocycles. The van der Waals surface area contributed by atoms with Crippen molar-refractivity contribution in [2.45, 2.75) is 13.3 Å². The number of methoxy groups -OCH3 is 1. The van der Waals surface area contributed by atoms with E-state index < -0.39 is 11.4 Å². The maximum absolute atomic E-state index is 12.6. The molecule has 132 valence electrons. The van der Waals surface area contributed by atoms with Gasteiger partial charge >= 0.3 is 5.97 Å². The molecule has 1 unspecified atom stereocenters. The van der Waals surface area contributed by atoms with Gasteiger partial charge in [-0.25, -0.2) is 0 Å². The monoisotopic (exact) mass is 344 g/mol. The van der Waals surface area contributed by atoms with Crippen LogP contribution in [0, 0.1) is 12.3 Å². The predicted octanol–water partition coefficient (Wildman–Crippen LogP) is 2.21. The molecule has 1 amide bonds. The minimum atomic E-state index is -1.07. The zero-order chi connectivity index (χ0) is 18.0. The first-order valence-corrected chi connectivity index (χ1v) is 8.00. The van der Waals surface area contributed by atoms with Crippen molar-refractivity contribution in [3.8, 4) is 11.3 Å². The van der Waals surface area contributed by atoms with Crippen LogP contribution in [0.3, 0.4) is 0 Å². The average Bonchev–Trinajstić information content (AvgIpc) is 3.23. The molecule has 1 aromatic carbocycles. The van der Waals surface area contributed by atoms with Crippen molar-refractivity contribution in [3.63, 3.8) is 0 Å². The lowest BCUT2D eigenvalue weighted by atomic mass is 9.88. The van der Waals surface area contributed by atoms with Crippen LogP contribution >= 0.6 is 0 Å². The maximum atomic E-state index is 12.6. The Labute approximate surface area is 145 Å². The van der Waals surface area contributed by atoms with Crippen LogP contribution in [-0.4, -0.2) is 53.8 Å². The minimum Gasteiger partial charge on any atom is -0.481 e. The van der Waals surface area contributed by atoms with Crippen LogP contribution in [0.4, 0.5) is 0 Å². The number of ether oxygens (including phenoxy) is 1. The number of aryl methyl sites for hydroxylation is 1. The smallest absolute Gasteiger partial charge is 0.313 e. The van der Waals surface area contributed by atoms with Crippen molar-refractivity contribution in [1.82, 2.24) is 10.1 Å². The molecule has 0 bridgehead atoms. The van der Waals surface area contributed by atoms with Crippen molar-refractivity contribution in [3.05, 3.63) is 41.7 Å². The van der Waals surface area contributed by atoms with E-state index in [9.17, 15) is 14.7 Å². The Morgan fingerprint density at radius 2 is 2.08 bits per heavy atom. The van der Waals surface area contributed by atoms with Gasteiger partial charge in [-0.3, -0.25) is 9.59 Å². The molecule has 7 heteroatoms. The molecular formula is C18H20N2O5. The number of hydrogen-bond donors (Lipinski definition) is 1. The number of aliphatic carboxylic acids is 1. The molecule has 1 atom stereocenters. The van der Waals surface area contributed by atoms with Gasteiger partial charge in [0.1, 0.15) is 11.1 Å².